The SMILES string of the molecule is Oc1ccc(O)c(C=NNc2nnc3c(n2)[nH]c2ccc(Br)cc23)c1. The van der Waals surface area contributed by atoms with Crippen molar-refractivity contribution in [3.63, 3.8) is 0 Å². The van der Waals surface area contributed by atoms with Crippen LogP contribution >= 0.6 is 15.9 Å². The van der Waals surface area contributed by atoms with Gasteiger partial charge in [0.1, 0.15) is 17.0 Å². The van der Waals surface area contributed by atoms with E-state index in [1.807, 2.05) is 18.2 Å². The van der Waals surface area contributed by atoms with Gasteiger partial charge in [0.25, 0.3) is 5.95 Å². The number of hydrogen-bond donors (Lipinski definition) is 4. The van der Waals surface area contributed by atoms with Gasteiger partial charge in [-0.1, -0.05) is 15.9 Å². The minimum absolute atomic E-state index is 0.000889. The van der Waals surface area contributed by atoms with E-state index in [4.69, 9.17) is 0 Å². The highest BCUT2D eigenvalue weighted by Crippen LogP contribution is 2.25. The lowest BCUT2D eigenvalue weighted by molar-refractivity contribution is 0.459. The number of aromatic nitrogens is 4. The highest BCUT2D eigenvalue weighted by atomic mass is 79.9. The van der Waals surface area contributed by atoms with Gasteiger partial charge in [0.15, 0.2) is 5.65 Å². The molecule has 0 saturated carbocycles. The quantitative estimate of drug-likeness (QED) is 0.239. The van der Waals surface area contributed by atoms with Crippen LogP contribution in [0.25, 0.3) is 22.1 Å². The molecule has 4 aromatic rings. The summed E-state index contributed by atoms with van der Waals surface area (Å²) in [6, 6.07) is 9.95. The first-order valence-corrected chi connectivity index (χ1v) is 8.02. The molecule has 2 aromatic carbocycles. The van der Waals surface area contributed by atoms with Gasteiger partial charge < -0.3 is 15.2 Å². The molecule has 124 valence electrons. The maximum Gasteiger partial charge on any atom is 0.265 e. The monoisotopic (exact) mass is 398 g/mol. The molecule has 0 unspecified atom stereocenters. The molecule has 0 bridgehead atoms. The second-order valence-corrected chi connectivity index (χ2v) is 6.18. The third-order valence-corrected chi connectivity index (χ3v) is 4.05. The number of phenols is 2. The summed E-state index contributed by atoms with van der Waals surface area (Å²) in [4.78, 5) is 7.50. The van der Waals surface area contributed by atoms with E-state index in [0.717, 1.165) is 15.4 Å². The Morgan fingerprint density at radius 1 is 1.12 bits per heavy atom. The molecule has 9 heteroatoms. The number of fused-ring (bicyclic) bond motifs is 3. The van der Waals surface area contributed by atoms with Gasteiger partial charge in [0.05, 0.1) is 6.21 Å². The minimum atomic E-state index is -0.000889. The summed E-state index contributed by atoms with van der Waals surface area (Å²) in [5.41, 5.74) is 5.16. The number of hydrazone groups is 1. The average Bonchev–Trinajstić information content (AvgIpc) is 2.95. The van der Waals surface area contributed by atoms with Crippen LogP contribution in [-0.2, 0) is 0 Å². The first kappa shape index (κ1) is 15.3. The number of anilines is 1. The number of hydrogen-bond acceptors (Lipinski definition) is 7. The molecular weight excluding hydrogens is 388 g/mol. The molecule has 2 aromatic heterocycles. The molecule has 0 aliphatic rings. The number of rotatable bonds is 3. The number of phenolic OH excluding ortho intramolecular Hbond substituents is 2. The molecule has 2 heterocycles. The van der Waals surface area contributed by atoms with Gasteiger partial charge in [-0.3, -0.25) is 0 Å². The second-order valence-electron chi connectivity index (χ2n) is 5.26. The van der Waals surface area contributed by atoms with Gasteiger partial charge in [-0.2, -0.15) is 10.1 Å². The standard InChI is InChI=1S/C16H11BrN6O2/c17-9-1-3-12-11(6-9)14-15(19-12)20-16(23-21-14)22-18-7-8-5-10(24)2-4-13(8)25/h1-7,24-25H,(H2,19,20,22,23). The predicted molar refractivity (Wildman–Crippen MR) is 97.9 cm³/mol. The Labute approximate surface area is 149 Å². The number of aromatic amines is 1. The Bertz CT molecular complexity index is 1120. The highest BCUT2D eigenvalue weighted by Gasteiger charge is 2.09. The lowest BCUT2D eigenvalue weighted by Crippen LogP contribution is -1.99. The van der Waals surface area contributed by atoms with Crippen molar-refractivity contribution in [3.05, 3.63) is 46.4 Å². The van der Waals surface area contributed by atoms with E-state index in [-0.39, 0.29) is 17.4 Å². The van der Waals surface area contributed by atoms with Crippen molar-refractivity contribution in [2.24, 2.45) is 5.10 Å². The third-order valence-electron chi connectivity index (χ3n) is 3.56. The Hall–Kier alpha value is -3.20. The first-order chi connectivity index (χ1) is 12.1. The molecule has 0 aliphatic heterocycles. The number of halogens is 1. The molecule has 0 atom stereocenters. The minimum Gasteiger partial charge on any atom is -0.508 e. The summed E-state index contributed by atoms with van der Waals surface area (Å²) in [6.45, 7) is 0. The van der Waals surface area contributed by atoms with Crippen molar-refractivity contribution in [3.8, 4) is 11.5 Å². The Kier molecular flexibility index (Phi) is 3.69. The van der Waals surface area contributed by atoms with Crippen molar-refractivity contribution >= 4 is 50.2 Å². The Morgan fingerprint density at radius 2 is 2.00 bits per heavy atom. The van der Waals surface area contributed by atoms with Gasteiger partial charge in [-0.15, -0.1) is 10.2 Å². The van der Waals surface area contributed by atoms with E-state index < -0.39 is 0 Å². The molecule has 25 heavy (non-hydrogen) atoms. The van der Waals surface area contributed by atoms with Crippen LogP contribution in [0.5, 0.6) is 11.5 Å². The number of aromatic hydroxyl groups is 2. The van der Waals surface area contributed by atoms with E-state index >= 15 is 0 Å². The summed E-state index contributed by atoms with van der Waals surface area (Å²) in [6.07, 6.45) is 1.35. The fourth-order valence-electron chi connectivity index (χ4n) is 2.40. The molecule has 4 N–H and O–H groups in total. The van der Waals surface area contributed by atoms with Crippen molar-refractivity contribution in [2.45, 2.75) is 0 Å². The molecule has 0 spiro atoms. The zero-order valence-electron chi connectivity index (χ0n) is 12.6. The van der Waals surface area contributed by atoms with Crippen LogP contribution in [-0.4, -0.2) is 36.6 Å². The summed E-state index contributed by atoms with van der Waals surface area (Å²) in [7, 11) is 0. The molecule has 4 rings (SSSR count). The molecule has 0 radical (unpaired) electrons. The first-order valence-electron chi connectivity index (χ1n) is 7.23. The summed E-state index contributed by atoms with van der Waals surface area (Å²) in [5, 5.41) is 32.2. The fraction of sp³-hybridized carbons (Fsp3) is 0. The van der Waals surface area contributed by atoms with Crippen molar-refractivity contribution in [1.29, 1.82) is 0 Å². The molecule has 8 nitrogen and oxygen atoms in total. The maximum absolute atomic E-state index is 9.69. The largest absolute Gasteiger partial charge is 0.508 e. The van der Waals surface area contributed by atoms with Crippen LogP contribution in [0.4, 0.5) is 5.95 Å². The zero-order chi connectivity index (χ0) is 17.4. The lowest BCUT2D eigenvalue weighted by atomic mass is 10.2. The lowest BCUT2D eigenvalue weighted by Gasteiger charge is -2.00. The van der Waals surface area contributed by atoms with Crippen LogP contribution in [0.3, 0.4) is 0 Å². The van der Waals surface area contributed by atoms with Gasteiger partial charge >= 0.3 is 0 Å². The summed E-state index contributed by atoms with van der Waals surface area (Å²) < 4.78 is 0.945. The topological polar surface area (TPSA) is 119 Å². The van der Waals surface area contributed by atoms with Crippen LogP contribution < -0.4 is 5.43 Å². The van der Waals surface area contributed by atoms with Crippen LogP contribution in [0.1, 0.15) is 5.56 Å². The normalized spacial score (nSPS) is 11.6. The molecule has 0 amide bonds. The average molecular weight is 399 g/mol. The summed E-state index contributed by atoms with van der Waals surface area (Å²) >= 11 is 3.43. The Morgan fingerprint density at radius 3 is 2.88 bits per heavy atom. The van der Waals surface area contributed by atoms with Gasteiger partial charge in [-0.05, 0) is 36.4 Å². The smallest absolute Gasteiger partial charge is 0.265 e. The third kappa shape index (κ3) is 2.96. The maximum atomic E-state index is 9.69. The van der Waals surface area contributed by atoms with Crippen LogP contribution in [0, 0.1) is 0 Å². The molecule has 0 fully saturated rings. The van der Waals surface area contributed by atoms with Crippen molar-refractivity contribution in [2.75, 3.05) is 5.43 Å². The van der Waals surface area contributed by atoms with Gasteiger partial charge in [0.2, 0.25) is 0 Å². The van der Waals surface area contributed by atoms with E-state index in [2.05, 4.69) is 46.6 Å². The van der Waals surface area contributed by atoms with E-state index in [9.17, 15) is 10.2 Å². The molecule has 0 aliphatic carbocycles. The fourth-order valence-corrected chi connectivity index (χ4v) is 2.76. The number of benzene rings is 2. The van der Waals surface area contributed by atoms with E-state index in [1.54, 1.807) is 0 Å². The van der Waals surface area contributed by atoms with Gasteiger partial charge in [0, 0.05) is 20.9 Å². The second kappa shape index (κ2) is 6.02. The van der Waals surface area contributed by atoms with Crippen LogP contribution in [0.2, 0.25) is 0 Å². The van der Waals surface area contributed by atoms with Crippen molar-refractivity contribution in [1.82, 2.24) is 20.2 Å². The zero-order valence-corrected chi connectivity index (χ0v) is 14.2. The van der Waals surface area contributed by atoms with E-state index in [0.29, 0.717) is 16.7 Å². The van der Waals surface area contributed by atoms with Gasteiger partial charge in [-0.25, -0.2) is 5.43 Å². The molecule has 0 saturated heterocycles. The summed E-state index contributed by atoms with van der Waals surface area (Å²) in [5.74, 6) is 0.232. The highest BCUT2D eigenvalue weighted by molar-refractivity contribution is 9.10. The number of nitrogens with one attached hydrogen (secondary N) is 2. The van der Waals surface area contributed by atoms with E-state index in [1.165, 1.54) is 24.4 Å². The molecular formula is C16H11BrN6O2. The number of H-pyrrole nitrogens is 1. The number of nitrogens with zero attached hydrogens (tertiary/aromatic N) is 4. The predicted octanol–water partition coefficient (Wildman–Crippen LogP) is 3.13. The van der Waals surface area contributed by atoms with Crippen LogP contribution in [0.15, 0.2) is 46.0 Å². The Balaban J connectivity index is 1.62. The van der Waals surface area contributed by atoms with Crippen molar-refractivity contribution < 1.29 is 10.2 Å².